The molecule has 1 heterocycles. The summed E-state index contributed by atoms with van der Waals surface area (Å²) in [4.78, 5) is 39.6. The van der Waals surface area contributed by atoms with Crippen molar-refractivity contribution in [1.82, 2.24) is 15.5 Å². The van der Waals surface area contributed by atoms with Crippen LogP contribution < -0.4 is 10.6 Å². The molecule has 41 heavy (non-hydrogen) atoms. The van der Waals surface area contributed by atoms with E-state index in [0.717, 1.165) is 28.8 Å². The van der Waals surface area contributed by atoms with Gasteiger partial charge in [0.15, 0.2) is 0 Å². The second-order valence-corrected chi connectivity index (χ2v) is 11.2. The zero-order valence-electron chi connectivity index (χ0n) is 23.3. The van der Waals surface area contributed by atoms with Crippen LogP contribution >= 0.6 is 0 Å². The predicted octanol–water partition coefficient (Wildman–Crippen LogP) is 4.93. The van der Waals surface area contributed by atoms with E-state index >= 15 is 0 Å². The number of amides is 2. The average Bonchev–Trinajstić information content (AvgIpc) is 3.27. The average molecular weight is 556 g/mol. The van der Waals surface area contributed by atoms with Crippen LogP contribution in [0.4, 0.5) is 4.79 Å². The molecule has 1 atom stereocenters. The van der Waals surface area contributed by atoms with Gasteiger partial charge in [-0.25, -0.2) is 4.79 Å². The van der Waals surface area contributed by atoms with Gasteiger partial charge in [0.2, 0.25) is 5.91 Å². The number of carbonyl (C=O) groups is 3. The fraction of sp³-hybridized carbons (Fsp3) is 0.364. The van der Waals surface area contributed by atoms with Gasteiger partial charge in [-0.3, -0.25) is 14.5 Å². The molecule has 3 aromatic carbocycles. The van der Waals surface area contributed by atoms with Crippen molar-refractivity contribution in [2.75, 3.05) is 19.7 Å². The lowest BCUT2D eigenvalue weighted by Gasteiger charge is -2.42. The largest absolute Gasteiger partial charge is 0.481 e. The molecule has 3 aromatic rings. The molecule has 0 radical (unpaired) electrons. The number of likely N-dealkylation sites (tertiary alicyclic amines) is 1. The van der Waals surface area contributed by atoms with Crippen molar-refractivity contribution in [1.29, 1.82) is 0 Å². The van der Waals surface area contributed by atoms with Gasteiger partial charge in [-0.2, -0.15) is 0 Å². The van der Waals surface area contributed by atoms with Gasteiger partial charge >= 0.3 is 12.1 Å². The molecule has 2 amide bonds. The van der Waals surface area contributed by atoms with Crippen LogP contribution in [0.1, 0.15) is 55.2 Å². The van der Waals surface area contributed by atoms with Crippen LogP contribution in [0.3, 0.4) is 0 Å². The maximum atomic E-state index is 13.0. The van der Waals surface area contributed by atoms with Crippen LogP contribution in [0.2, 0.25) is 0 Å². The van der Waals surface area contributed by atoms with Gasteiger partial charge in [0.25, 0.3) is 0 Å². The highest BCUT2D eigenvalue weighted by Crippen LogP contribution is 2.44. The molecule has 0 bridgehead atoms. The zero-order chi connectivity index (χ0) is 28.8. The van der Waals surface area contributed by atoms with Crippen molar-refractivity contribution in [2.45, 2.75) is 56.7 Å². The predicted molar refractivity (Wildman–Crippen MR) is 156 cm³/mol. The van der Waals surface area contributed by atoms with E-state index in [0.29, 0.717) is 25.9 Å². The van der Waals surface area contributed by atoms with Gasteiger partial charge in [-0.15, -0.1) is 0 Å². The quantitative estimate of drug-likeness (QED) is 0.328. The number of rotatable bonds is 10. The maximum Gasteiger partial charge on any atom is 0.407 e. The molecule has 1 saturated heterocycles. The maximum absolute atomic E-state index is 13.0. The molecule has 2 aliphatic rings. The van der Waals surface area contributed by atoms with E-state index in [1.54, 1.807) is 6.92 Å². The summed E-state index contributed by atoms with van der Waals surface area (Å²) in [5.74, 6) is -1.27. The minimum absolute atomic E-state index is 0.0271. The summed E-state index contributed by atoms with van der Waals surface area (Å²) >= 11 is 0. The number of nitrogens with zero attached hydrogens (tertiary/aromatic N) is 1. The van der Waals surface area contributed by atoms with E-state index in [2.05, 4.69) is 51.9 Å². The minimum atomic E-state index is -0.938. The second kappa shape index (κ2) is 12.6. The molecular weight excluding hydrogens is 518 g/mol. The lowest BCUT2D eigenvalue weighted by Crippen LogP contribution is -2.56. The number of benzene rings is 3. The number of carboxylic acid groups (broad SMARTS) is 1. The highest BCUT2D eigenvalue weighted by Gasteiger charge is 2.38. The SMILES string of the molecule is C[C@@H](CC(=O)NC1(CC(=O)O)CCN(Cc2ccccc2)CC1)NC(=O)OCC1c2ccccc2-c2ccccc21. The summed E-state index contributed by atoms with van der Waals surface area (Å²) in [5, 5.41) is 15.4. The van der Waals surface area contributed by atoms with Crippen LogP contribution in [0, 0.1) is 0 Å². The summed E-state index contributed by atoms with van der Waals surface area (Å²) < 4.78 is 5.61. The van der Waals surface area contributed by atoms with Crippen molar-refractivity contribution in [3.63, 3.8) is 0 Å². The molecule has 0 saturated carbocycles. The number of hydrogen-bond donors (Lipinski definition) is 3. The normalized spacial score (nSPS) is 16.7. The number of fused-ring (bicyclic) bond motifs is 3. The summed E-state index contributed by atoms with van der Waals surface area (Å²) in [5.41, 5.74) is 4.97. The van der Waals surface area contributed by atoms with E-state index in [1.807, 2.05) is 42.5 Å². The molecule has 0 aromatic heterocycles. The number of alkyl carbamates (subject to hydrolysis) is 1. The van der Waals surface area contributed by atoms with Gasteiger partial charge in [-0.05, 0) is 47.6 Å². The van der Waals surface area contributed by atoms with E-state index in [9.17, 15) is 19.5 Å². The summed E-state index contributed by atoms with van der Waals surface area (Å²) in [7, 11) is 0. The fourth-order valence-corrected chi connectivity index (χ4v) is 6.13. The van der Waals surface area contributed by atoms with E-state index in [1.165, 1.54) is 5.56 Å². The number of ether oxygens (including phenoxy) is 1. The summed E-state index contributed by atoms with van der Waals surface area (Å²) in [6, 6.07) is 25.9. The third kappa shape index (κ3) is 6.95. The minimum Gasteiger partial charge on any atom is -0.481 e. The molecule has 8 heteroatoms. The first kappa shape index (κ1) is 28.4. The van der Waals surface area contributed by atoms with Gasteiger partial charge in [0.1, 0.15) is 6.61 Å². The number of nitrogens with one attached hydrogen (secondary N) is 2. The van der Waals surface area contributed by atoms with Gasteiger partial charge in [-0.1, -0.05) is 78.9 Å². The van der Waals surface area contributed by atoms with Gasteiger partial charge in [0.05, 0.1) is 12.0 Å². The lowest BCUT2D eigenvalue weighted by molar-refractivity contribution is -0.140. The Morgan fingerprint density at radius 2 is 1.51 bits per heavy atom. The smallest absolute Gasteiger partial charge is 0.407 e. The van der Waals surface area contributed by atoms with Crippen molar-refractivity contribution in [3.05, 3.63) is 95.6 Å². The number of carboxylic acids is 1. The van der Waals surface area contributed by atoms with Crippen molar-refractivity contribution in [3.8, 4) is 11.1 Å². The van der Waals surface area contributed by atoms with E-state index in [-0.39, 0.29) is 31.3 Å². The van der Waals surface area contributed by atoms with Crippen molar-refractivity contribution < 1.29 is 24.2 Å². The van der Waals surface area contributed by atoms with Crippen LogP contribution in [0.25, 0.3) is 11.1 Å². The van der Waals surface area contributed by atoms with Crippen LogP contribution in [-0.2, 0) is 20.9 Å². The van der Waals surface area contributed by atoms with Gasteiger partial charge in [0, 0.05) is 38.0 Å². The Labute approximate surface area is 240 Å². The van der Waals surface area contributed by atoms with Crippen LogP contribution in [0.5, 0.6) is 0 Å². The second-order valence-electron chi connectivity index (χ2n) is 11.2. The van der Waals surface area contributed by atoms with Gasteiger partial charge < -0.3 is 20.5 Å². The topological polar surface area (TPSA) is 108 Å². The summed E-state index contributed by atoms with van der Waals surface area (Å²) in [6.07, 6.45) is 0.408. The zero-order valence-corrected chi connectivity index (χ0v) is 23.3. The van der Waals surface area contributed by atoms with Crippen LogP contribution in [0.15, 0.2) is 78.9 Å². The van der Waals surface area contributed by atoms with Crippen molar-refractivity contribution >= 4 is 18.0 Å². The monoisotopic (exact) mass is 555 g/mol. The number of hydrogen-bond acceptors (Lipinski definition) is 5. The van der Waals surface area contributed by atoms with Crippen molar-refractivity contribution in [2.24, 2.45) is 0 Å². The highest BCUT2D eigenvalue weighted by molar-refractivity contribution is 5.80. The standard InChI is InChI=1S/C33H37N3O5/c1-23(34-32(40)41-22-29-27-13-7-5-11-25(27)26-12-6-8-14-28(26)29)19-30(37)35-33(20-31(38)39)15-17-36(18-16-33)21-24-9-3-2-4-10-24/h2-14,23,29H,15-22H2,1H3,(H,34,40)(H,35,37)(H,38,39)/t23-/m0/s1. The number of aliphatic carboxylic acids is 1. The molecular formula is C33H37N3O5. The molecule has 1 fully saturated rings. The molecule has 3 N–H and O–H groups in total. The third-order valence-corrected chi connectivity index (χ3v) is 8.16. The Morgan fingerprint density at radius 1 is 0.927 bits per heavy atom. The first-order chi connectivity index (χ1) is 19.8. The lowest BCUT2D eigenvalue weighted by atomic mass is 9.83. The molecule has 214 valence electrons. The fourth-order valence-electron chi connectivity index (χ4n) is 6.13. The first-order valence-electron chi connectivity index (χ1n) is 14.2. The Balaban J connectivity index is 1.11. The Morgan fingerprint density at radius 3 is 2.12 bits per heavy atom. The molecule has 8 nitrogen and oxygen atoms in total. The Kier molecular flexibility index (Phi) is 8.69. The van der Waals surface area contributed by atoms with E-state index in [4.69, 9.17) is 4.74 Å². The highest BCUT2D eigenvalue weighted by atomic mass is 16.5. The number of carbonyl (C=O) groups excluding carboxylic acids is 2. The Hall–Kier alpha value is -4.17. The molecule has 0 unspecified atom stereocenters. The molecule has 5 rings (SSSR count). The molecule has 1 aliphatic heterocycles. The van der Waals surface area contributed by atoms with E-state index < -0.39 is 23.6 Å². The number of piperidine rings is 1. The first-order valence-corrected chi connectivity index (χ1v) is 14.2. The molecule has 1 aliphatic carbocycles. The molecule has 0 spiro atoms. The Bertz CT molecular complexity index is 1340. The van der Waals surface area contributed by atoms with Crippen LogP contribution in [-0.4, -0.2) is 59.3 Å². The summed E-state index contributed by atoms with van der Waals surface area (Å²) in [6.45, 7) is 4.11. The third-order valence-electron chi connectivity index (χ3n) is 8.16.